The molecule has 2 atom stereocenters. The van der Waals surface area contributed by atoms with Gasteiger partial charge in [0.25, 0.3) is 5.56 Å². The number of fused-ring (bicyclic) bond motifs is 3. The third-order valence-corrected chi connectivity index (χ3v) is 4.40. The lowest BCUT2D eigenvalue weighted by Crippen LogP contribution is -2.42. The Bertz CT molecular complexity index is 760. The van der Waals surface area contributed by atoms with E-state index in [0.29, 0.717) is 34.5 Å². The fourth-order valence-corrected chi connectivity index (χ4v) is 3.36. The van der Waals surface area contributed by atoms with Gasteiger partial charge in [0, 0.05) is 11.4 Å². The maximum atomic E-state index is 12.2. The van der Waals surface area contributed by atoms with E-state index in [2.05, 4.69) is 21.8 Å². The number of hydrogen-bond donors (Lipinski definition) is 1. The highest BCUT2D eigenvalue weighted by Crippen LogP contribution is 2.38. The van der Waals surface area contributed by atoms with E-state index in [4.69, 9.17) is 16.3 Å². The molecule has 2 saturated heterocycles. The van der Waals surface area contributed by atoms with E-state index < -0.39 is 0 Å². The summed E-state index contributed by atoms with van der Waals surface area (Å²) >= 11 is 5.98. The lowest BCUT2D eigenvalue weighted by molar-refractivity contribution is 0.0166. The number of ether oxygens (including phenoxy) is 1. The summed E-state index contributed by atoms with van der Waals surface area (Å²) in [5.41, 5.74) is 0.382. The number of benzene rings is 1. The Kier molecular flexibility index (Phi) is 2.41. The third-order valence-electron chi connectivity index (χ3n) is 4.17. The van der Waals surface area contributed by atoms with Crippen LogP contribution in [-0.2, 0) is 4.74 Å². The number of nitrogens with one attached hydrogen (secondary N) is 1. The fraction of sp³-hybridized carbons (Fsp3) is 0.429. The van der Waals surface area contributed by atoms with E-state index in [1.165, 1.54) is 0 Å². The first-order valence-electron chi connectivity index (χ1n) is 6.64. The molecule has 0 radical (unpaired) electrons. The Morgan fingerprint density at radius 3 is 3.10 bits per heavy atom. The van der Waals surface area contributed by atoms with Crippen LogP contribution in [0.1, 0.15) is 13.3 Å². The lowest BCUT2D eigenvalue weighted by atomic mass is 10.1. The minimum Gasteiger partial charge on any atom is -0.371 e. The number of morpholine rings is 1. The molecule has 0 amide bonds. The molecule has 1 aromatic heterocycles. The SMILES string of the molecule is CC12CC(CO1)N(c1nc3cc(Cl)ccc3c(=O)[nH]1)C2. The number of aromatic nitrogens is 2. The summed E-state index contributed by atoms with van der Waals surface area (Å²) in [5.74, 6) is 0.613. The van der Waals surface area contributed by atoms with Gasteiger partial charge in [0.1, 0.15) is 0 Å². The van der Waals surface area contributed by atoms with Gasteiger partial charge < -0.3 is 9.64 Å². The van der Waals surface area contributed by atoms with E-state index in [9.17, 15) is 4.79 Å². The van der Waals surface area contributed by atoms with Crippen LogP contribution in [0.4, 0.5) is 5.95 Å². The summed E-state index contributed by atoms with van der Waals surface area (Å²) in [4.78, 5) is 21.7. The molecular formula is C14H14ClN3O2. The van der Waals surface area contributed by atoms with Gasteiger partial charge in [0.15, 0.2) is 0 Å². The van der Waals surface area contributed by atoms with E-state index in [-0.39, 0.29) is 11.2 Å². The van der Waals surface area contributed by atoms with Crippen molar-refractivity contribution in [3.05, 3.63) is 33.6 Å². The number of anilines is 1. The maximum Gasteiger partial charge on any atom is 0.260 e. The Hall–Kier alpha value is -1.59. The average Bonchev–Trinajstić information content (AvgIpc) is 2.93. The second-order valence-corrected chi connectivity index (χ2v) is 6.23. The highest BCUT2D eigenvalue weighted by atomic mass is 35.5. The summed E-state index contributed by atoms with van der Waals surface area (Å²) in [6.45, 7) is 3.55. The van der Waals surface area contributed by atoms with Gasteiger partial charge in [-0.2, -0.15) is 0 Å². The number of rotatable bonds is 1. The van der Waals surface area contributed by atoms with Gasteiger partial charge >= 0.3 is 0 Å². The van der Waals surface area contributed by atoms with E-state index in [1.807, 2.05) is 0 Å². The summed E-state index contributed by atoms with van der Waals surface area (Å²) in [5, 5.41) is 1.14. The molecule has 20 heavy (non-hydrogen) atoms. The third kappa shape index (κ3) is 1.73. The minimum atomic E-state index is -0.129. The van der Waals surface area contributed by atoms with Crippen molar-refractivity contribution in [2.75, 3.05) is 18.1 Å². The zero-order chi connectivity index (χ0) is 13.9. The summed E-state index contributed by atoms with van der Waals surface area (Å²) in [6.07, 6.45) is 0.976. The molecule has 3 heterocycles. The van der Waals surface area contributed by atoms with Gasteiger partial charge in [-0.05, 0) is 25.1 Å². The van der Waals surface area contributed by atoms with E-state index in [1.54, 1.807) is 18.2 Å². The smallest absolute Gasteiger partial charge is 0.260 e. The molecule has 2 aromatic rings. The van der Waals surface area contributed by atoms with Crippen molar-refractivity contribution in [3.63, 3.8) is 0 Å². The molecular weight excluding hydrogens is 278 g/mol. The second-order valence-electron chi connectivity index (χ2n) is 5.80. The first-order chi connectivity index (χ1) is 9.54. The fourth-order valence-electron chi connectivity index (χ4n) is 3.20. The monoisotopic (exact) mass is 291 g/mol. The molecule has 4 rings (SSSR count). The largest absolute Gasteiger partial charge is 0.371 e. The van der Waals surface area contributed by atoms with E-state index in [0.717, 1.165) is 13.0 Å². The molecule has 2 aliphatic rings. The van der Waals surface area contributed by atoms with Crippen LogP contribution in [0.2, 0.25) is 5.02 Å². The van der Waals surface area contributed by atoms with Crippen molar-refractivity contribution in [2.24, 2.45) is 0 Å². The van der Waals surface area contributed by atoms with Crippen LogP contribution in [0.15, 0.2) is 23.0 Å². The Labute approximate surface area is 120 Å². The summed E-state index contributed by atoms with van der Waals surface area (Å²) in [7, 11) is 0. The zero-order valence-electron chi connectivity index (χ0n) is 11.0. The van der Waals surface area contributed by atoms with Crippen LogP contribution in [0.5, 0.6) is 0 Å². The molecule has 6 heteroatoms. The predicted octanol–water partition coefficient (Wildman–Crippen LogP) is 1.94. The van der Waals surface area contributed by atoms with Crippen LogP contribution in [0.25, 0.3) is 10.9 Å². The number of H-pyrrole nitrogens is 1. The molecule has 2 aliphatic heterocycles. The van der Waals surface area contributed by atoms with Crippen LogP contribution in [-0.4, -0.2) is 34.8 Å². The predicted molar refractivity (Wildman–Crippen MR) is 77.5 cm³/mol. The number of nitrogens with zero attached hydrogens (tertiary/aromatic N) is 2. The molecule has 0 aliphatic carbocycles. The number of halogens is 1. The minimum absolute atomic E-state index is 0.119. The number of hydrogen-bond acceptors (Lipinski definition) is 4. The van der Waals surface area contributed by atoms with Crippen molar-refractivity contribution in [1.29, 1.82) is 0 Å². The van der Waals surface area contributed by atoms with Gasteiger partial charge in [-0.15, -0.1) is 0 Å². The maximum absolute atomic E-state index is 12.2. The lowest BCUT2D eigenvalue weighted by Gasteiger charge is -2.31. The van der Waals surface area contributed by atoms with Crippen molar-refractivity contribution in [3.8, 4) is 0 Å². The molecule has 2 fully saturated rings. The first-order valence-corrected chi connectivity index (χ1v) is 7.02. The van der Waals surface area contributed by atoms with Crippen molar-refractivity contribution in [2.45, 2.75) is 25.0 Å². The highest BCUT2D eigenvalue weighted by Gasteiger charge is 2.48. The van der Waals surface area contributed by atoms with Gasteiger partial charge in [-0.1, -0.05) is 11.6 Å². The van der Waals surface area contributed by atoms with Crippen molar-refractivity contribution < 1.29 is 4.74 Å². The van der Waals surface area contributed by atoms with Crippen LogP contribution in [0.3, 0.4) is 0 Å². The highest BCUT2D eigenvalue weighted by molar-refractivity contribution is 6.31. The normalized spacial score (nSPS) is 28.5. The molecule has 2 unspecified atom stereocenters. The Morgan fingerprint density at radius 1 is 1.55 bits per heavy atom. The summed E-state index contributed by atoms with van der Waals surface area (Å²) < 4.78 is 5.75. The van der Waals surface area contributed by atoms with Crippen LogP contribution < -0.4 is 10.5 Å². The Morgan fingerprint density at radius 2 is 2.40 bits per heavy atom. The van der Waals surface area contributed by atoms with Gasteiger partial charge in [-0.3, -0.25) is 9.78 Å². The van der Waals surface area contributed by atoms with Gasteiger partial charge in [0.05, 0.1) is 35.7 Å². The standard InChI is InChI=1S/C14H14ClN3O2/c1-14-5-9(6-20-14)18(7-14)13-16-11-4-8(15)2-3-10(11)12(19)17-13/h2-4,9H,5-7H2,1H3,(H,16,17,19). The molecule has 2 bridgehead atoms. The first kappa shape index (κ1) is 12.2. The average molecular weight is 292 g/mol. The topological polar surface area (TPSA) is 58.2 Å². The van der Waals surface area contributed by atoms with Gasteiger partial charge in [-0.25, -0.2) is 4.98 Å². The summed E-state index contributed by atoms with van der Waals surface area (Å²) in [6, 6.07) is 5.42. The Balaban J connectivity index is 1.83. The molecule has 1 aromatic carbocycles. The number of aromatic amines is 1. The van der Waals surface area contributed by atoms with Gasteiger partial charge in [0.2, 0.25) is 5.95 Å². The van der Waals surface area contributed by atoms with E-state index >= 15 is 0 Å². The van der Waals surface area contributed by atoms with Crippen LogP contribution in [0, 0.1) is 0 Å². The molecule has 0 saturated carbocycles. The van der Waals surface area contributed by atoms with Crippen molar-refractivity contribution in [1.82, 2.24) is 9.97 Å². The molecule has 0 spiro atoms. The second kappa shape index (κ2) is 3.96. The van der Waals surface area contributed by atoms with Crippen molar-refractivity contribution >= 4 is 28.5 Å². The quantitative estimate of drug-likeness (QED) is 0.872. The molecule has 104 valence electrons. The molecule has 5 nitrogen and oxygen atoms in total. The molecule has 1 N–H and O–H groups in total. The zero-order valence-corrected chi connectivity index (χ0v) is 11.8. The van der Waals surface area contributed by atoms with Crippen LogP contribution >= 0.6 is 11.6 Å².